The van der Waals surface area contributed by atoms with Gasteiger partial charge in [0.25, 0.3) is 5.91 Å². The Labute approximate surface area is 125 Å². The highest BCUT2D eigenvalue weighted by Crippen LogP contribution is 2.19. The third-order valence-electron chi connectivity index (χ3n) is 3.86. The highest BCUT2D eigenvalue weighted by Gasteiger charge is 2.27. The van der Waals surface area contributed by atoms with Crippen LogP contribution in [0.25, 0.3) is 0 Å². The molecule has 6 nitrogen and oxygen atoms in total. The van der Waals surface area contributed by atoms with Crippen molar-refractivity contribution in [2.45, 2.75) is 24.8 Å². The molecule has 1 saturated heterocycles. The lowest BCUT2D eigenvalue weighted by molar-refractivity contribution is 0.0532. The Balaban J connectivity index is 2.35. The van der Waals surface area contributed by atoms with Gasteiger partial charge < -0.3 is 9.80 Å². The number of aryl methyl sites for hydroxylation is 1. The van der Waals surface area contributed by atoms with E-state index in [1.54, 1.807) is 17.9 Å². The summed E-state index contributed by atoms with van der Waals surface area (Å²) in [6.45, 7) is 6.03. The van der Waals surface area contributed by atoms with Crippen molar-refractivity contribution >= 4 is 15.9 Å². The number of rotatable bonds is 2. The molecule has 7 heteroatoms. The third-order valence-corrected chi connectivity index (χ3v) is 4.77. The molecule has 1 aromatic rings. The van der Waals surface area contributed by atoms with Crippen molar-refractivity contribution in [1.29, 1.82) is 0 Å². The Morgan fingerprint density at radius 1 is 1.33 bits per heavy atom. The third kappa shape index (κ3) is 3.42. The molecule has 1 aliphatic rings. The summed E-state index contributed by atoms with van der Waals surface area (Å²) in [5.74, 6) is -0.140. The molecule has 0 aliphatic carbocycles. The van der Waals surface area contributed by atoms with Gasteiger partial charge in [0.05, 0.1) is 4.90 Å². The summed E-state index contributed by atoms with van der Waals surface area (Å²) in [5.41, 5.74) is 1.15. The highest BCUT2D eigenvalue weighted by molar-refractivity contribution is 7.89. The molecule has 1 fully saturated rings. The topological polar surface area (TPSA) is 83.7 Å². The normalized spacial score (nSPS) is 20.6. The van der Waals surface area contributed by atoms with Crippen LogP contribution in [-0.2, 0) is 10.0 Å². The van der Waals surface area contributed by atoms with Crippen LogP contribution in [0.1, 0.15) is 22.8 Å². The molecular weight excluding hydrogens is 290 g/mol. The molecule has 1 amide bonds. The molecule has 0 spiro atoms. The molecule has 116 valence electrons. The van der Waals surface area contributed by atoms with Gasteiger partial charge in [0.2, 0.25) is 10.0 Å². The van der Waals surface area contributed by atoms with Crippen LogP contribution in [0, 0.1) is 6.92 Å². The van der Waals surface area contributed by atoms with Crippen LogP contribution in [0.15, 0.2) is 23.1 Å². The van der Waals surface area contributed by atoms with Gasteiger partial charge in [-0.3, -0.25) is 4.79 Å². The van der Waals surface area contributed by atoms with Gasteiger partial charge in [0, 0.05) is 31.2 Å². The van der Waals surface area contributed by atoms with Crippen LogP contribution in [0.3, 0.4) is 0 Å². The summed E-state index contributed by atoms with van der Waals surface area (Å²) < 4.78 is 22.9. The number of likely N-dealkylation sites (N-methyl/N-ethyl adjacent to an activating group) is 1. The number of amides is 1. The monoisotopic (exact) mass is 311 g/mol. The molecule has 0 radical (unpaired) electrons. The maximum absolute atomic E-state index is 12.7. The summed E-state index contributed by atoms with van der Waals surface area (Å²) in [4.78, 5) is 16.6. The molecule has 0 bridgehead atoms. The van der Waals surface area contributed by atoms with E-state index in [4.69, 9.17) is 5.14 Å². The first kappa shape index (κ1) is 15.9. The van der Waals surface area contributed by atoms with Crippen molar-refractivity contribution in [3.8, 4) is 0 Å². The number of benzene rings is 1. The number of nitrogens with two attached hydrogens (primary N) is 1. The summed E-state index contributed by atoms with van der Waals surface area (Å²) >= 11 is 0. The van der Waals surface area contributed by atoms with Crippen molar-refractivity contribution in [3.05, 3.63) is 29.3 Å². The Kier molecular flexibility index (Phi) is 4.36. The Hall–Kier alpha value is -1.44. The van der Waals surface area contributed by atoms with E-state index in [9.17, 15) is 13.2 Å². The van der Waals surface area contributed by atoms with Crippen LogP contribution in [-0.4, -0.2) is 56.8 Å². The maximum Gasteiger partial charge on any atom is 0.254 e. The van der Waals surface area contributed by atoms with Crippen LogP contribution < -0.4 is 5.14 Å². The first-order chi connectivity index (χ1) is 9.70. The molecule has 2 rings (SSSR count). The van der Waals surface area contributed by atoms with E-state index in [1.165, 1.54) is 12.1 Å². The summed E-state index contributed by atoms with van der Waals surface area (Å²) in [5, 5.41) is 5.14. The average Bonchev–Trinajstić information content (AvgIpc) is 2.37. The van der Waals surface area contributed by atoms with Crippen LogP contribution in [0.2, 0.25) is 0 Å². The van der Waals surface area contributed by atoms with Crippen molar-refractivity contribution < 1.29 is 13.2 Å². The average molecular weight is 311 g/mol. The van der Waals surface area contributed by atoms with E-state index in [1.807, 2.05) is 14.0 Å². The molecular formula is C14H21N3O3S. The number of hydrogen-bond donors (Lipinski definition) is 1. The molecule has 21 heavy (non-hydrogen) atoms. The second kappa shape index (κ2) is 5.75. The molecule has 0 unspecified atom stereocenters. The lowest BCUT2D eigenvalue weighted by Gasteiger charge is -2.38. The molecule has 1 aromatic carbocycles. The van der Waals surface area contributed by atoms with Gasteiger partial charge >= 0.3 is 0 Å². The first-order valence-electron chi connectivity index (χ1n) is 6.83. The highest BCUT2D eigenvalue weighted by atomic mass is 32.2. The van der Waals surface area contributed by atoms with Gasteiger partial charge in [-0.2, -0.15) is 0 Å². The second-order valence-electron chi connectivity index (χ2n) is 5.63. The van der Waals surface area contributed by atoms with E-state index in [-0.39, 0.29) is 16.8 Å². The van der Waals surface area contributed by atoms with Crippen LogP contribution >= 0.6 is 0 Å². The molecule has 2 N–H and O–H groups in total. The lowest BCUT2D eigenvalue weighted by atomic mass is 10.1. The fraction of sp³-hybridized carbons (Fsp3) is 0.500. The predicted octanol–water partition coefficient (Wildman–Crippen LogP) is 0.419. The van der Waals surface area contributed by atoms with Gasteiger partial charge in [-0.05, 0) is 38.6 Å². The standard InChI is InChI=1S/C14H21N3O3S/c1-10-4-5-12(21(15,19)20)8-13(10)14(18)17-7-6-16(3)9-11(17)2/h4-5,8,11H,6-7,9H2,1-3H3,(H2,15,19,20)/t11-/m1/s1. The maximum atomic E-state index is 12.7. The van der Waals surface area contributed by atoms with Crippen LogP contribution in [0.4, 0.5) is 0 Å². The van der Waals surface area contributed by atoms with Gasteiger partial charge in [-0.15, -0.1) is 0 Å². The van der Waals surface area contributed by atoms with Crippen molar-refractivity contribution in [3.63, 3.8) is 0 Å². The zero-order valence-electron chi connectivity index (χ0n) is 12.5. The predicted molar refractivity (Wildman–Crippen MR) is 80.5 cm³/mol. The minimum absolute atomic E-state index is 0.0294. The zero-order chi connectivity index (χ0) is 15.8. The number of carbonyl (C=O) groups excluding carboxylic acids is 1. The fourth-order valence-corrected chi connectivity index (χ4v) is 3.14. The van der Waals surface area contributed by atoms with E-state index < -0.39 is 10.0 Å². The van der Waals surface area contributed by atoms with Gasteiger partial charge in [-0.1, -0.05) is 6.07 Å². The molecule has 1 heterocycles. The quantitative estimate of drug-likeness (QED) is 0.858. The number of carbonyl (C=O) groups is 1. The van der Waals surface area contributed by atoms with Gasteiger partial charge in [0.15, 0.2) is 0 Å². The Morgan fingerprint density at radius 2 is 2.00 bits per heavy atom. The summed E-state index contributed by atoms with van der Waals surface area (Å²) in [6.07, 6.45) is 0. The van der Waals surface area contributed by atoms with E-state index in [2.05, 4.69) is 4.90 Å². The largest absolute Gasteiger partial charge is 0.333 e. The Bertz CT molecular complexity index is 657. The number of sulfonamides is 1. The minimum atomic E-state index is -3.81. The second-order valence-corrected chi connectivity index (χ2v) is 7.19. The number of nitrogens with zero attached hydrogens (tertiary/aromatic N) is 2. The molecule has 0 aromatic heterocycles. The first-order valence-corrected chi connectivity index (χ1v) is 8.37. The van der Waals surface area contributed by atoms with E-state index in [0.29, 0.717) is 12.1 Å². The molecule has 0 saturated carbocycles. The van der Waals surface area contributed by atoms with Gasteiger partial charge in [-0.25, -0.2) is 13.6 Å². The fourth-order valence-electron chi connectivity index (χ4n) is 2.60. The lowest BCUT2D eigenvalue weighted by Crippen LogP contribution is -2.52. The summed E-state index contributed by atoms with van der Waals surface area (Å²) in [7, 11) is -1.79. The molecule has 1 atom stereocenters. The van der Waals surface area contributed by atoms with Crippen molar-refractivity contribution in [2.24, 2.45) is 5.14 Å². The SMILES string of the molecule is Cc1ccc(S(N)(=O)=O)cc1C(=O)N1CCN(C)C[C@H]1C. The minimum Gasteiger partial charge on any atom is -0.333 e. The number of primary sulfonamides is 1. The summed E-state index contributed by atoms with van der Waals surface area (Å²) in [6, 6.07) is 4.51. The Morgan fingerprint density at radius 3 is 2.57 bits per heavy atom. The van der Waals surface area contributed by atoms with Gasteiger partial charge in [0.1, 0.15) is 0 Å². The number of piperazine rings is 1. The van der Waals surface area contributed by atoms with E-state index in [0.717, 1.165) is 18.7 Å². The number of hydrogen-bond acceptors (Lipinski definition) is 4. The van der Waals surface area contributed by atoms with E-state index >= 15 is 0 Å². The van der Waals surface area contributed by atoms with Crippen LogP contribution in [0.5, 0.6) is 0 Å². The van der Waals surface area contributed by atoms with Crippen molar-refractivity contribution in [1.82, 2.24) is 9.80 Å². The molecule has 1 aliphatic heterocycles. The zero-order valence-corrected chi connectivity index (χ0v) is 13.4. The smallest absolute Gasteiger partial charge is 0.254 e. The van der Waals surface area contributed by atoms with Crippen molar-refractivity contribution in [2.75, 3.05) is 26.7 Å².